The van der Waals surface area contributed by atoms with E-state index in [1.807, 2.05) is 36.4 Å². The van der Waals surface area contributed by atoms with Crippen molar-refractivity contribution in [3.8, 4) is 0 Å². The molecule has 3 heteroatoms. The van der Waals surface area contributed by atoms with Crippen molar-refractivity contribution in [3.63, 3.8) is 0 Å². The minimum Gasteiger partial charge on any atom is -0.378 e. The van der Waals surface area contributed by atoms with Crippen LogP contribution < -0.4 is 5.73 Å². The second kappa shape index (κ2) is 4.62. The van der Waals surface area contributed by atoms with Crippen LogP contribution in [0.4, 0.5) is 0 Å². The molecule has 3 N–H and O–H groups in total. The van der Waals surface area contributed by atoms with E-state index in [1.54, 1.807) is 5.41 Å². The van der Waals surface area contributed by atoms with Gasteiger partial charge in [0, 0.05) is 0 Å². The highest BCUT2D eigenvalue weighted by molar-refractivity contribution is 8.16. The van der Waals surface area contributed by atoms with Gasteiger partial charge >= 0.3 is 0 Å². The fourth-order valence-corrected chi connectivity index (χ4v) is 1.12. The molecule has 0 bridgehead atoms. The molecule has 0 radical (unpaired) electrons. The highest BCUT2D eigenvalue weighted by Crippen LogP contribution is 2.06. The largest absolute Gasteiger partial charge is 0.378 e. The third-order valence-electron chi connectivity index (χ3n) is 1.26. The van der Waals surface area contributed by atoms with Crippen molar-refractivity contribution < 1.29 is 0 Å². The minimum absolute atomic E-state index is 0.113. The Labute approximate surface area is 76.0 Å². The Morgan fingerprint density at radius 1 is 1.33 bits per heavy atom. The number of amidine groups is 1. The summed E-state index contributed by atoms with van der Waals surface area (Å²) in [6.07, 6.45) is 1.92. The van der Waals surface area contributed by atoms with Gasteiger partial charge in [-0.1, -0.05) is 42.1 Å². The summed E-state index contributed by atoms with van der Waals surface area (Å²) in [5.74, 6) is 0. The Hall–Kier alpha value is -1.22. The maximum Gasteiger partial charge on any atom is 0.155 e. The minimum atomic E-state index is 0.113. The van der Waals surface area contributed by atoms with Crippen molar-refractivity contribution >= 4 is 23.0 Å². The predicted molar refractivity (Wildman–Crippen MR) is 55.0 cm³/mol. The van der Waals surface area contributed by atoms with E-state index in [1.165, 1.54) is 11.8 Å². The van der Waals surface area contributed by atoms with Crippen LogP contribution in [-0.4, -0.2) is 5.17 Å². The van der Waals surface area contributed by atoms with Gasteiger partial charge in [0.1, 0.15) is 0 Å². The average molecular weight is 178 g/mol. The number of hydrogen-bond donors (Lipinski definition) is 2. The summed E-state index contributed by atoms with van der Waals surface area (Å²) >= 11 is 1.21. The normalized spacial score (nSPS) is 10.3. The number of rotatable bonds is 2. The van der Waals surface area contributed by atoms with Gasteiger partial charge in [0.15, 0.2) is 5.17 Å². The molecule has 1 aromatic rings. The van der Waals surface area contributed by atoms with Crippen molar-refractivity contribution in [1.82, 2.24) is 0 Å². The number of benzene rings is 1. The Bertz CT molecular complexity index is 280. The van der Waals surface area contributed by atoms with Crippen LogP contribution in [0.1, 0.15) is 5.56 Å². The van der Waals surface area contributed by atoms with Crippen molar-refractivity contribution in [1.29, 1.82) is 5.41 Å². The van der Waals surface area contributed by atoms with E-state index in [0.29, 0.717) is 0 Å². The summed E-state index contributed by atoms with van der Waals surface area (Å²) in [4.78, 5) is 0. The maximum atomic E-state index is 6.95. The van der Waals surface area contributed by atoms with Gasteiger partial charge in [0.2, 0.25) is 0 Å². The molecule has 0 aliphatic carbocycles. The molecule has 62 valence electrons. The summed E-state index contributed by atoms with van der Waals surface area (Å²) in [5.41, 5.74) is 6.27. The summed E-state index contributed by atoms with van der Waals surface area (Å²) in [7, 11) is 0. The molecule has 0 saturated heterocycles. The SMILES string of the molecule is N=C(N)S/C=C/c1ccccc1. The summed E-state index contributed by atoms with van der Waals surface area (Å²) in [5, 5.41) is 8.87. The van der Waals surface area contributed by atoms with Crippen LogP contribution >= 0.6 is 11.8 Å². The van der Waals surface area contributed by atoms with Gasteiger partial charge in [0.05, 0.1) is 0 Å². The molecule has 2 nitrogen and oxygen atoms in total. The second-order valence-corrected chi connectivity index (χ2v) is 3.14. The molecule has 0 aliphatic heterocycles. The molecule has 1 rings (SSSR count). The van der Waals surface area contributed by atoms with E-state index in [9.17, 15) is 0 Å². The first-order valence-electron chi connectivity index (χ1n) is 3.51. The molecule has 0 unspecified atom stereocenters. The number of nitrogens with one attached hydrogen (secondary N) is 1. The molecule has 0 amide bonds. The Kier molecular flexibility index (Phi) is 3.41. The van der Waals surface area contributed by atoms with E-state index >= 15 is 0 Å². The molecule has 0 heterocycles. The van der Waals surface area contributed by atoms with Gasteiger partial charge < -0.3 is 5.73 Å². The van der Waals surface area contributed by atoms with Crippen molar-refractivity contribution in [2.45, 2.75) is 0 Å². The van der Waals surface area contributed by atoms with E-state index in [2.05, 4.69) is 0 Å². The first kappa shape index (κ1) is 8.87. The second-order valence-electron chi connectivity index (χ2n) is 2.20. The number of nitrogens with two attached hydrogens (primary N) is 1. The zero-order valence-electron chi connectivity index (χ0n) is 6.53. The first-order chi connectivity index (χ1) is 5.79. The van der Waals surface area contributed by atoms with E-state index in [4.69, 9.17) is 11.1 Å². The summed E-state index contributed by atoms with van der Waals surface area (Å²) in [6, 6.07) is 9.90. The van der Waals surface area contributed by atoms with Crippen LogP contribution in [0, 0.1) is 5.41 Å². The van der Waals surface area contributed by atoms with Crippen molar-refractivity contribution in [2.24, 2.45) is 5.73 Å². The molecule has 1 aromatic carbocycles. The molecule has 0 saturated carbocycles. The fourth-order valence-electron chi connectivity index (χ4n) is 0.750. The van der Waals surface area contributed by atoms with Gasteiger partial charge in [-0.15, -0.1) is 0 Å². The van der Waals surface area contributed by atoms with E-state index in [0.717, 1.165) is 5.56 Å². The third-order valence-corrected chi connectivity index (χ3v) is 1.78. The van der Waals surface area contributed by atoms with Gasteiger partial charge in [-0.2, -0.15) is 0 Å². The zero-order chi connectivity index (χ0) is 8.81. The average Bonchev–Trinajstić information content (AvgIpc) is 2.05. The standard InChI is InChI=1S/C9H10N2S/c10-9(11)12-7-6-8-4-2-1-3-5-8/h1-7H,(H3,10,11)/b7-6+. The van der Waals surface area contributed by atoms with Crippen LogP contribution in [0.5, 0.6) is 0 Å². The van der Waals surface area contributed by atoms with Crippen LogP contribution in [0.2, 0.25) is 0 Å². The fraction of sp³-hybridized carbons (Fsp3) is 0. The lowest BCUT2D eigenvalue weighted by Crippen LogP contribution is -2.00. The van der Waals surface area contributed by atoms with E-state index in [-0.39, 0.29) is 5.17 Å². The van der Waals surface area contributed by atoms with Crippen LogP contribution in [0.3, 0.4) is 0 Å². The lowest BCUT2D eigenvalue weighted by Gasteiger charge is -1.90. The highest BCUT2D eigenvalue weighted by Gasteiger charge is 1.84. The molecule has 0 fully saturated rings. The Morgan fingerprint density at radius 3 is 2.58 bits per heavy atom. The van der Waals surface area contributed by atoms with Gasteiger partial charge in [0.25, 0.3) is 0 Å². The van der Waals surface area contributed by atoms with Gasteiger partial charge in [-0.05, 0) is 17.0 Å². The maximum absolute atomic E-state index is 6.95. The Balaban J connectivity index is 2.52. The number of thioether (sulfide) groups is 1. The topological polar surface area (TPSA) is 49.9 Å². The molecule has 0 aromatic heterocycles. The predicted octanol–water partition coefficient (Wildman–Crippen LogP) is 2.28. The zero-order valence-corrected chi connectivity index (χ0v) is 7.34. The molecule has 0 aliphatic rings. The monoisotopic (exact) mass is 178 g/mol. The Morgan fingerprint density at radius 2 is 2.00 bits per heavy atom. The molecule has 0 spiro atoms. The first-order valence-corrected chi connectivity index (χ1v) is 4.39. The molecule has 0 atom stereocenters. The van der Waals surface area contributed by atoms with Gasteiger partial charge in [-0.3, -0.25) is 5.41 Å². The van der Waals surface area contributed by atoms with Crippen LogP contribution in [0.15, 0.2) is 35.7 Å². The lowest BCUT2D eigenvalue weighted by atomic mass is 10.2. The van der Waals surface area contributed by atoms with Crippen molar-refractivity contribution in [3.05, 3.63) is 41.3 Å². The van der Waals surface area contributed by atoms with E-state index < -0.39 is 0 Å². The highest BCUT2D eigenvalue weighted by atomic mass is 32.2. The third kappa shape index (κ3) is 3.25. The molecule has 12 heavy (non-hydrogen) atoms. The quantitative estimate of drug-likeness (QED) is 0.539. The van der Waals surface area contributed by atoms with Crippen LogP contribution in [-0.2, 0) is 0 Å². The van der Waals surface area contributed by atoms with Crippen molar-refractivity contribution in [2.75, 3.05) is 0 Å². The molecular weight excluding hydrogens is 168 g/mol. The lowest BCUT2D eigenvalue weighted by molar-refractivity contribution is 1.51. The molecular formula is C9H10N2S. The number of hydrogen-bond acceptors (Lipinski definition) is 2. The smallest absolute Gasteiger partial charge is 0.155 e. The van der Waals surface area contributed by atoms with Crippen LogP contribution in [0.25, 0.3) is 6.08 Å². The summed E-state index contributed by atoms with van der Waals surface area (Å²) < 4.78 is 0. The summed E-state index contributed by atoms with van der Waals surface area (Å²) in [6.45, 7) is 0. The van der Waals surface area contributed by atoms with Gasteiger partial charge in [-0.25, -0.2) is 0 Å².